The predicted molar refractivity (Wildman–Crippen MR) is 94.0 cm³/mol. The van der Waals surface area contributed by atoms with Crippen LogP contribution < -0.4 is 10.6 Å². The van der Waals surface area contributed by atoms with Gasteiger partial charge in [-0.2, -0.15) is 0 Å². The van der Waals surface area contributed by atoms with Crippen molar-refractivity contribution in [2.24, 2.45) is 5.92 Å². The molecule has 0 unspecified atom stereocenters. The van der Waals surface area contributed by atoms with Crippen LogP contribution in [-0.4, -0.2) is 36.2 Å². The first-order chi connectivity index (χ1) is 10.7. The molecular weight excluding hydrogens is 338 g/mol. The van der Waals surface area contributed by atoms with Crippen LogP contribution in [-0.2, 0) is 4.79 Å². The standard InChI is InChI=1S/C15H21BCl2N2O3/c1-9(2)6-13(16(3)23)20-14(21)8-19-15(22)11-7-10(17)4-5-12(11)18/h4-5,7,9,13,23H,6,8H2,1-3H3,(H,19,22)(H,20,21)/t13-/m0/s1. The van der Waals surface area contributed by atoms with Crippen molar-refractivity contribution in [3.63, 3.8) is 0 Å². The molecule has 0 spiro atoms. The molecule has 0 bridgehead atoms. The van der Waals surface area contributed by atoms with E-state index < -0.39 is 12.8 Å². The summed E-state index contributed by atoms with van der Waals surface area (Å²) in [5.41, 5.74) is 0.209. The molecule has 1 rings (SSSR count). The van der Waals surface area contributed by atoms with Gasteiger partial charge in [0.15, 0.2) is 0 Å². The predicted octanol–water partition coefficient (Wildman–Crippen LogP) is 2.41. The molecule has 0 aliphatic heterocycles. The maximum absolute atomic E-state index is 12.0. The van der Waals surface area contributed by atoms with E-state index in [1.54, 1.807) is 12.9 Å². The van der Waals surface area contributed by atoms with Crippen LogP contribution in [0.1, 0.15) is 30.6 Å². The van der Waals surface area contributed by atoms with Crippen molar-refractivity contribution in [1.82, 2.24) is 10.6 Å². The molecule has 3 N–H and O–H groups in total. The summed E-state index contributed by atoms with van der Waals surface area (Å²) in [4.78, 5) is 24.0. The van der Waals surface area contributed by atoms with Crippen molar-refractivity contribution in [1.29, 1.82) is 0 Å². The first-order valence-corrected chi connectivity index (χ1v) is 8.17. The summed E-state index contributed by atoms with van der Waals surface area (Å²) in [6.45, 7) is 4.76. The van der Waals surface area contributed by atoms with Gasteiger partial charge in [-0.25, -0.2) is 0 Å². The van der Waals surface area contributed by atoms with Crippen molar-refractivity contribution >= 4 is 41.9 Å². The first-order valence-electron chi connectivity index (χ1n) is 7.41. The lowest BCUT2D eigenvalue weighted by Gasteiger charge is -2.21. The fourth-order valence-electron chi connectivity index (χ4n) is 2.07. The lowest BCUT2D eigenvalue weighted by Crippen LogP contribution is -2.48. The number of amides is 2. The van der Waals surface area contributed by atoms with E-state index >= 15 is 0 Å². The molecule has 1 atom stereocenters. The third-order valence-corrected chi connectivity index (χ3v) is 3.80. The minimum absolute atomic E-state index is 0.205. The van der Waals surface area contributed by atoms with Gasteiger partial charge in [-0.1, -0.05) is 43.9 Å². The monoisotopic (exact) mass is 358 g/mol. The molecule has 1 aromatic rings. The van der Waals surface area contributed by atoms with E-state index in [4.69, 9.17) is 23.2 Å². The molecule has 0 aromatic heterocycles. The second-order valence-corrected chi connectivity index (χ2v) is 6.69. The topological polar surface area (TPSA) is 78.4 Å². The maximum Gasteiger partial charge on any atom is 0.308 e. The molecule has 2 amide bonds. The number of hydrogen-bond acceptors (Lipinski definition) is 3. The van der Waals surface area contributed by atoms with Crippen molar-refractivity contribution in [2.45, 2.75) is 33.0 Å². The van der Waals surface area contributed by atoms with E-state index in [1.165, 1.54) is 12.1 Å². The third-order valence-electron chi connectivity index (χ3n) is 3.24. The van der Waals surface area contributed by atoms with Crippen LogP contribution in [0.5, 0.6) is 0 Å². The van der Waals surface area contributed by atoms with Gasteiger partial charge in [0.25, 0.3) is 5.91 Å². The molecule has 5 nitrogen and oxygen atoms in total. The number of benzene rings is 1. The Balaban J connectivity index is 2.58. The van der Waals surface area contributed by atoms with Crippen LogP contribution in [0.4, 0.5) is 0 Å². The number of rotatable bonds is 7. The van der Waals surface area contributed by atoms with E-state index in [1.807, 2.05) is 13.8 Å². The highest BCUT2D eigenvalue weighted by atomic mass is 35.5. The Bertz CT molecular complexity index is 568. The Morgan fingerprint density at radius 2 is 1.96 bits per heavy atom. The Labute approximate surface area is 146 Å². The molecule has 0 aliphatic rings. The highest BCUT2D eigenvalue weighted by molar-refractivity contribution is 6.51. The number of hydrogen-bond donors (Lipinski definition) is 3. The Morgan fingerprint density at radius 1 is 1.30 bits per heavy atom. The lowest BCUT2D eigenvalue weighted by atomic mass is 9.61. The SMILES string of the molecule is CB(O)[C@H](CC(C)C)NC(=O)CNC(=O)c1cc(Cl)ccc1Cl. The lowest BCUT2D eigenvalue weighted by molar-refractivity contribution is -0.120. The largest absolute Gasteiger partial charge is 0.449 e. The van der Waals surface area contributed by atoms with Crippen molar-refractivity contribution in [3.8, 4) is 0 Å². The second kappa shape index (κ2) is 9.16. The van der Waals surface area contributed by atoms with Crippen molar-refractivity contribution in [2.75, 3.05) is 6.54 Å². The van der Waals surface area contributed by atoms with Crippen LogP contribution in [0, 0.1) is 5.92 Å². The van der Waals surface area contributed by atoms with Crippen LogP contribution in [0.25, 0.3) is 0 Å². The Morgan fingerprint density at radius 3 is 2.52 bits per heavy atom. The highest BCUT2D eigenvalue weighted by Crippen LogP contribution is 2.20. The van der Waals surface area contributed by atoms with Crippen LogP contribution in [0.15, 0.2) is 18.2 Å². The van der Waals surface area contributed by atoms with Crippen LogP contribution >= 0.6 is 23.2 Å². The highest BCUT2D eigenvalue weighted by Gasteiger charge is 2.22. The van der Waals surface area contributed by atoms with Gasteiger partial charge in [-0.15, -0.1) is 0 Å². The summed E-state index contributed by atoms with van der Waals surface area (Å²) in [6.07, 6.45) is 0.650. The molecule has 0 heterocycles. The molecule has 0 saturated carbocycles. The second-order valence-electron chi connectivity index (χ2n) is 5.85. The van der Waals surface area contributed by atoms with Gasteiger partial charge < -0.3 is 15.7 Å². The van der Waals surface area contributed by atoms with Crippen molar-refractivity contribution in [3.05, 3.63) is 33.8 Å². The minimum atomic E-state index is -0.667. The number of halogens is 2. The summed E-state index contributed by atoms with van der Waals surface area (Å²) >= 11 is 11.8. The minimum Gasteiger partial charge on any atom is -0.449 e. The molecular formula is C15H21BCl2N2O3. The van der Waals surface area contributed by atoms with E-state index in [2.05, 4.69) is 10.6 Å². The third kappa shape index (κ3) is 6.81. The average molecular weight is 359 g/mol. The Kier molecular flexibility index (Phi) is 7.89. The van der Waals surface area contributed by atoms with Gasteiger partial charge in [-0.3, -0.25) is 9.59 Å². The zero-order valence-corrected chi connectivity index (χ0v) is 14.9. The summed E-state index contributed by atoms with van der Waals surface area (Å²) in [5, 5.41) is 15.5. The fraction of sp³-hybridized carbons (Fsp3) is 0.467. The molecule has 0 aliphatic carbocycles. The van der Waals surface area contributed by atoms with E-state index in [0.29, 0.717) is 17.4 Å². The number of carbonyl (C=O) groups is 2. The van der Waals surface area contributed by atoms with Gasteiger partial charge in [0.2, 0.25) is 5.91 Å². The van der Waals surface area contributed by atoms with Crippen LogP contribution in [0.3, 0.4) is 0 Å². The van der Waals surface area contributed by atoms with Crippen LogP contribution in [0.2, 0.25) is 16.9 Å². The molecule has 1 aromatic carbocycles. The summed E-state index contributed by atoms with van der Waals surface area (Å²) in [6, 6.07) is 4.53. The first kappa shape index (κ1) is 19.8. The average Bonchev–Trinajstić information content (AvgIpc) is 2.46. The fourth-order valence-corrected chi connectivity index (χ4v) is 2.44. The Hall–Kier alpha value is -1.24. The van der Waals surface area contributed by atoms with Gasteiger partial charge in [-0.05, 0) is 30.5 Å². The summed E-state index contributed by atoms with van der Waals surface area (Å²) in [5.74, 6) is -0.878. The summed E-state index contributed by atoms with van der Waals surface area (Å²) in [7, 11) is 0. The zero-order chi connectivity index (χ0) is 17.6. The molecule has 0 saturated heterocycles. The van der Waals surface area contributed by atoms with Gasteiger partial charge >= 0.3 is 6.92 Å². The smallest absolute Gasteiger partial charge is 0.308 e. The van der Waals surface area contributed by atoms with E-state index in [9.17, 15) is 14.6 Å². The van der Waals surface area contributed by atoms with E-state index in [-0.39, 0.29) is 29.0 Å². The number of nitrogens with one attached hydrogen (secondary N) is 2. The quantitative estimate of drug-likeness (QED) is 0.655. The summed E-state index contributed by atoms with van der Waals surface area (Å²) < 4.78 is 0. The van der Waals surface area contributed by atoms with E-state index in [0.717, 1.165) is 0 Å². The van der Waals surface area contributed by atoms with Gasteiger partial charge in [0.05, 0.1) is 17.1 Å². The molecule has 23 heavy (non-hydrogen) atoms. The molecule has 0 radical (unpaired) electrons. The molecule has 0 fully saturated rings. The normalized spacial score (nSPS) is 12.0. The number of carbonyl (C=O) groups excluding carboxylic acids is 2. The van der Waals surface area contributed by atoms with Gasteiger partial charge in [0, 0.05) is 11.0 Å². The zero-order valence-electron chi connectivity index (χ0n) is 13.4. The molecule has 8 heteroatoms. The van der Waals surface area contributed by atoms with Gasteiger partial charge in [0.1, 0.15) is 0 Å². The van der Waals surface area contributed by atoms with Crippen molar-refractivity contribution < 1.29 is 14.6 Å². The maximum atomic E-state index is 12.0. The molecule has 126 valence electrons.